The van der Waals surface area contributed by atoms with Crippen LogP contribution >= 0.6 is 15.9 Å². The molecule has 0 aliphatic heterocycles. The number of halogens is 1. The third kappa shape index (κ3) is 3.22. The molecule has 0 bridgehead atoms. The predicted octanol–water partition coefficient (Wildman–Crippen LogP) is 4.12. The largest absolute Gasteiger partial charge is 0.466 e. The van der Waals surface area contributed by atoms with Crippen LogP contribution in [0.1, 0.15) is 32.8 Å². The van der Waals surface area contributed by atoms with Crippen LogP contribution in [0.5, 0.6) is 5.75 Å². The quantitative estimate of drug-likeness (QED) is 0.758. The fraction of sp³-hybridized carbons (Fsp3) is 0.538. The van der Waals surface area contributed by atoms with Gasteiger partial charge in [0.25, 0.3) is 0 Å². The van der Waals surface area contributed by atoms with Gasteiger partial charge in [-0.1, -0.05) is 26.8 Å². The Balaban J connectivity index is 2.90. The van der Waals surface area contributed by atoms with Gasteiger partial charge in [-0.3, -0.25) is 0 Å². The van der Waals surface area contributed by atoms with Crippen LogP contribution in [-0.2, 0) is 10.2 Å². The normalized spacial score (nSPS) is 11.6. The average Bonchev–Trinajstić information content (AvgIpc) is 2.27. The topological polar surface area (TPSA) is 18.5 Å². The van der Waals surface area contributed by atoms with Crippen LogP contribution in [-0.4, -0.2) is 13.9 Å². The Kier molecular flexibility index (Phi) is 4.81. The van der Waals surface area contributed by atoms with Crippen LogP contribution in [0.2, 0.25) is 0 Å². The van der Waals surface area contributed by atoms with Crippen LogP contribution in [0, 0.1) is 0 Å². The Morgan fingerprint density at radius 3 is 2.50 bits per heavy atom. The van der Waals surface area contributed by atoms with E-state index in [2.05, 4.69) is 48.8 Å². The summed E-state index contributed by atoms with van der Waals surface area (Å²) in [6.07, 6.45) is 1.11. The molecule has 0 heterocycles. The number of hydrogen-bond donors (Lipinski definition) is 0. The molecule has 0 saturated carbocycles. The summed E-state index contributed by atoms with van der Waals surface area (Å²) in [4.78, 5) is 0. The lowest BCUT2D eigenvalue weighted by molar-refractivity contribution is 0.0505. The summed E-state index contributed by atoms with van der Waals surface area (Å²) in [5, 5.41) is 0. The molecule has 0 aromatic heterocycles. The van der Waals surface area contributed by atoms with Gasteiger partial charge in [0.05, 0.1) is 4.47 Å². The first-order valence-electron chi connectivity index (χ1n) is 5.43. The highest BCUT2D eigenvalue weighted by Crippen LogP contribution is 2.33. The summed E-state index contributed by atoms with van der Waals surface area (Å²) in [6.45, 7) is 6.95. The van der Waals surface area contributed by atoms with Gasteiger partial charge in [-0.25, -0.2) is 0 Å². The standard InChI is InChI=1S/C13H19BrO2/c1-5-13(2,3)10-6-7-12(11(14)8-10)16-9-15-4/h6-8H,5,9H2,1-4H3. The lowest BCUT2D eigenvalue weighted by Gasteiger charge is -2.24. The highest BCUT2D eigenvalue weighted by Gasteiger charge is 2.18. The molecule has 1 rings (SSSR count). The number of benzene rings is 1. The van der Waals surface area contributed by atoms with Gasteiger partial charge in [0, 0.05) is 7.11 Å². The Hall–Kier alpha value is -0.540. The second-order valence-corrected chi connectivity index (χ2v) is 5.29. The fourth-order valence-electron chi connectivity index (χ4n) is 1.37. The van der Waals surface area contributed by atoms with Crippen LogP contribution in [0.15, 0.2) is 22.7 Å². The van der Waals surface area contributed by atoms with Crippen molar-refractivity contribution in [3.63, 3.8) is 0 Å². The van der Waals surface area contributed by atoms with E-state index in [-0.39, 0.29) is 12.2 Å². The molecule has 2 nitrogen and oxygen atoms in total. The number of ether oxygens (including phenoxy) is 2. The van der Waals surface area contributed by atoms with E-state index >= 15 is 0 Å². The molecule has 0 radical (unpaired) electrons. The lowest BCUT2D eigenvalue weighted by atomic mass is 9.82. The maximum Gasteiger partial charge on any atom is 0.188 e. The van der Waals surface area contributed by atoms with E-state index in [1.807, 2.05) is 6.07 Å². The minimum Gasteiger partial charge on any atom is -0.466 e. The number of hydrogen-bond acceptors (Lipinski definition) is 2. The SMILES string of the molecule is CCC(C)(C)c1ccc(OCOC)c(Br)c1. The van der Waals surface area contributed by atoms with Gasteiger partial charge >= 0.3 is 0 Å². The smallest absolute Gasteiger partial charge is 0.188 e. The van der Waals surface area contributed by atoms with E-state index in [9.17, 15) is 0 Å². The highest BCUT2D eigenvalue weighted by molar-refractivity contribution is 9.10. The third-order valence-corrected chi connectivity index (χ3v) is 3.55. The molecule has 0 N–H and O–H groups in total. The van der Waals surface area contributed by atoms with E-state index in [1.165, 1.54) is 5.56 Å². The van der Waals surface area contributed by atoms with Gasteiger partial charge in [0.15, 0.2) is 6.79 Å². The first-order chi connectivity index (χ1) is 7.51. The van der Waals surface area contributed by atoms with Crippen molar-refractivity contribution in [1.29, 1.82) is 0 Å². The number of methoxy groups -OCH3 is 1. The molecule has 3 heteroatoms. The van der Waals surface area contributed by atoms with Crippen LogP contribution in [0.4, 0.5) is 0 Å². The monoisotopic (exact) mass is 286 g/mol. The molecule has 0 saturated heterocycles. The molecule has 90 valence electrons. The van der Waals surface area contributed by atoms with Gasteiger partial charge in [-0.2, -0.15) is 0 Å². The van der Waals surface area contributed by atoms with Crippen molar-refractivity contribution >= 4 is 15.9 Å². The predicted molar refractivity (Wildman–Crippen MR) is 70.0 cm³/mol. The van der Waals surface area contributed by atoms with E-state index in [0.29, 0.717) is 0 Å². The second kappa shape index (κ2) is 5.69. The number of rotatable bonds is 5. The van der Waals surface area contributed by atoms with Gasteiger partial charge in [0.2, 0.25) is 0 Å². The molecule has 0 aliphatic carbocycles. The van der Waals surface area contributed by atoms with Crippen molar-refractivity contribution in [3.05, 3.63) is 28.2 Å². The molecule has 0 unspecified atom stereocenters. The fourth-order valence-corrected chi connectivity index (χ4v) is 1.86. The van der Waals surface area contributed by atoms with Crippen molar-refractivity contribution in [2.75, 3.05) is 13.9 Å². The van der Waals surface area contributed by atoms with Gasteiger partial charge in [-0.15, -0.1) is 0 Å². The Bertz CT molecular complexity index is 348. The second-order valence-electron chi connectivity index (χ2n) is 4.43. The third-order valence-electron chi connectivity index (χ3n) is 2.93. The lowest BCUT2D eigenvalue weighted by Crippen LogP contribution is -2.15. The first kappa shape index (κ1) is 13.5. The zero-order valence-corrected chi connectivity index (χ0v) is 11.9. The summed E-state index contributed by atoms with van der Waals surface area (Å²) < 4.78 is 11.3. The molecule has 0 atom stereocenters. The molecule has 1 aromatic rings. The zero-order chi connectivity index (χ0) is 12.2. The van der Waals surface area contributed by atoms with E-state index in [1.54, 1.807) is 7.11 Å². The van der Waals surface area contributed by atoms with Crippen LogP contribution < -0.4 is 4.74 Å². The molecule has 0 spiro atoms. The molecule has 0 amide bonds. The van der Waals surface area contributed by atoms with Crippen molar-refractivity contribution in [2.24, 2.45) is 0 Å². The molecule has 16 heavy (non-hydrogen) atoms. The van der Waals surface area contributed by atoms with Gasteiger partial charge in [-0.05, 0) is 45.5 Å². The first-order valence-corrected chi connectivity index (χ1v) is 6.22. The Morgan fingerprint density at radius 1 is 1.31 bits per heavy atom. The molecule has 0 fully saturated rings. The minimum absolute atomic E-state index is 0.197. The van der Waals surface area contributed by atoms with E-state index in [4.69, 9.17) is 9.47 Å². The summed E-state index contributed by atoms with van der Waals surface area (Å²) in [6, 6.07) is 6.21. The Morgan fingerprint density at radius 2 is 2.00 bits per heavy atom. The van der Waals surface area contributed by atoms with Crippen LogP contribution in [0.25, 0.3) is 0 Å². The summed E-state index contributed by atoms with van der Waals surface area (Å²) in [5.41, 5.74) is 1.51. The molecule has 1 aromatic carbocycles. The Labute approximate surface area is 106 Å². The van der Waals surface area contributed by atoms with Crippen molar-refractivity contribution in [1.82, 2.24) is 0 Å². The van der Waals surface area contributed by atoms with Gasteiger partial charge in [0.1, 0.15) is 5.75 Å². The minimum atomic E-state index is 0.197. The van der Waals surface area contributed by atoms with E-state index in [0.717, 1.165) is 16.6 Å². The van der Waals surface area contributed by atoms with Crippen molar-refractivity contribution < 1.29 is 9.47 Å². The molecular formula is C13H19BrO2. The van der Waals surface area contributed by atoms with Crippen molar-refractivity contribution in [3.8, 4) is 5.75 Å². The summed E-state index contributed by atoms with van der Waals surface area (Å²) >= 11 is 3.52. The van der Waals surface area contributed by atoms with Crippen LogP contribution in [0.3, 0.4) is 0 Å². The van der Waals surface area contributed by atoms with Crippen molar-refractivity contribution in [2.45, 2.75) is 32.6 Å². The average molecular weight is 287 g/mol. The maximum atomic E-state index is 5.42. The highest BCUT2D eigenvalue weighted by atomic mass is 79.9. The molecular weight excluding hydrogens is 268 g/mol. The van der Waals surface area contributed by atoms with E-state index < -0.39 is 0 Å². The summed E-state index contributed by atoms with van der Waals surface area (Å²) in [5.74, 6) is 0.817. The zero-order valence-electron chi connectivity index (χ0n) is 10.3. The molecule has 0 aliphatic rings. The van der Waals surface area contributed by atoms with Gasteiger partial charge < -0.3 is 9.47 Å². The maximum absolute atomic E-state index is 5.42. The summed E-state index contributed by atoms with van der Waals surface area (Å²) in [7, 11) is 1.61.